The van der Waals surface area contributed by atoms with Crippen molar-refractivity contribution in [2.24, 2.45) is 5.92 Å². The van der Waals surface area contributed by atoms with E-state index in [4.69, 9.17) is 4.74 Å². The fourth-order valence-electron chi connectivity index (χ4n) is 2.93. The van der Waals surface area contributed by atoms with E-state index in [-0.39, 0.29) is 23.8 Å². The van der Waals surface area contributed by atoms with Gasteiger partial charge in [-0.15, -0.1) is 0 Å². The lowest BCUT2D eigenvalue weighted by atomic mass is 9.91. The monoisotopic (exact) mass is 304 g/mol. The van der Waals surface area contributed by atoms with Crippen LogP contribution in [0.15, 0.2) is 30.3 Å². The molecule has 1 aliphatic heterocycles. The molecule has 1 aromatic rings. The van der Waals surface area contributed by atoms with E-state index < -0.39 is 0 Å². The maximum absolute atomic E-state index is 11.7. The SMILES string of the molecule is COC(=O)CC1CC(NCc2ccccc2)CN(C(C)=O)C1. The molecule has 0 bridgehead atoms. The molecular formula is C17H24N2O3. The van der Waals surface area contributed by atoms with E-state index >= 15 is 0 Å². The first-order valence-electron chi connectivity index (χ1n) is 7.68. The zero-order chi connectivity index (χ0) is 15.9. The molecule has 5 heteroatoms. The van der Waals surface area contributed by atoms with Gasteiger partial charge in [-0.25, -0.2) is 0 Å². The predicted molar refractivity (Wildman–Crippen MR) is 84.1 cm³/mol. The van der Waals surface area contributed by atoms with Crippen LogP contribution >= 0.6 is 0 Å². The third-order valence-corrected chi connectivity index (χ3v) is 4.10. The summed E-state index contributed by atoms with van der Waals surface area (Å²) in [6, 6.07) is 10.4. The van der Waals surface area contributed by atoms with Crippen molar-refractivity contribution in [3.8, 4) is 0 Å². The number of esters is 1. The number of ether oxygens (including phenoxy) is 1. The van der Waals surface area contributed by atoms with E-state index in [0.29, 0.717) is 19.5 Å². The second-order valence-corrected chi connectivity index (χ2v) is 5.87. The number of carbonyl (C=O) groups excluding carboxylic acids is 2. The summed E-state index contributed by atoms with van der Waals surface area (Å²) in [5.74, 6) is -0.00309. The maximum Gasteiger partial charge on any atom is 0.305 e. The molecule has 22 heavy (non-hydrogen) atoms. The second-order valence-electron chi connectivity index (χ2n) is 5.87. The number of benzene rings is 1. The lowest BCUT2D eigenvalue weighted by molar-refractivity contribution is -0.143. The standard InChI is InChI=1S/C17H24N2O3/c1-13(20)19-11-15(9-17(21)22-2)8-16(12-19)18-10-14-6-4-3-5-7-14/h3-7,15-16,18H,8-12H2,1-2H3. The van der Waals surface area contributed by atoms with Gasteiger partial charge in [0.05, 0.1) is 13.5 Å². The van der Waals surface area contributed by atoms with Crippen molar-refractivity contribution in [2.45, 2.75) is 32.4 Å². The number of nitrogens with one attached hydrogen (secondary N) is 1. The molecule has 1 aromatic carbocycles. The fraction of sp³-hybridized carbons (Fsp3) is 0.529. The summed E-state index contributed by atoms with van der Waals surface area (Å²) in [4.78, 5) is 25.0. The minimum Gasteiger partial charge on any atom is -0.469 e. The van der Waals surface area contributed by atoms with Gasteiger partial charge in [-0.2, -0.15) is 0 Å². The van der Waals surface area contributed by atoms with Gasteiger partial charge >= 0.3 is 5.97 Å². The highest BCUT2D eigenvalue weighted by atomic mass is 16.5. The van der Waals surface area contributed by atoms with Gasteiger partial charge in [-0.1, -0.05) is 30.3 Å². The van der Waals surface area contributed by atoms with Crippen LogP contribution in [0, 0.1) is 5.92 Å². The van der Waals surface area contributed by atoms with Crippen molar-refractivity contribution < 1.29 is 14.3 Å². The Morgan fingerprint density at radius 2 is 2.00 bits per heavy atom. The number of amides is 1. The van der Waals surface area contributed by atoms with E-state index in [2.05, 4.69) is 17.4 Å². The average Bonchev–Trinajstić information content (AvgIpc) is 2.53. The third-order valence-electron chi connectivity index (χ3n) is 4.10. The van der Waals surface area contributed by atoms with E-state index in [0.717, 1.165) is 13.0 Å². The Bertz CT molecular complexity index is 504. The van der Waals surface area contributed by atoms with Crippen molar-refractivity contribution in [2.75, 3.05) is 20.2 Å². The molecule has 1 aliphatic rings. The smallest absolute Gasteiger partial charge is 0.305 e. The molecule has 1 amide bonds. The van der Waals surface area contributed by atoms with Gasteiger partial charge < -0.3 is 15.0 Å². The van der Waals surface area contributed by atoms with Crippen LogP contribution in [0.25, 0.3) is 0 Å². The average molecular weight is 304 g/mol. The molecule has 1 N–H and O–H groups in total. The Morgan fingerprint density at radius 1 is 1.27 bits per heavy atom. The van der Waals surface area contributed by atoms with Crippen molar-refractivity contribution in [1.82, 2.24) is 10.2 Å². The van der Waals surface area contributed by atoms with Crippen LogP contribution in [0.1, 0.15) is 25.3 Å². The Balaban J connectivity index is 1.93. The summed E-state index contributed by atoms with van der Waals surface area (Å²) in [6.07, 6.45) is 1.25. The summed E-state index contributed by atoms with van der Waals surface area (Å²) < 4.78 is 4.75. The Morgan fingerprint density at radius 3 is 2.64 bits per heavy atom. The predicted octanol–water partition coefficient (Wildman–Crippen LogP) is 1.58. The van der Waals surface area contributed by atoms with Crippen LogP contribution in [-0.4, -0.2) is 43.0 Å². The molecule has 1 fully saturated rings. The van der Waals surface area contributed by atoms with Crippen molar-refractivity contribution >= 4 is 11.9 Å². The molecule has 120 valence electrons. The van der Waals surface area contributed by atoms with Crippen molar-refractivity contribution in [3.63, 3.8) is 0 Å². The highest BCUT2D eigenvalue weighted by Gasteiger charge is 2.29. The summed E-state index contributed by atoms with van der Waals surface area (Å²) in [5, 5.41) is 3.50. The molecular weight excluding hydrogens is 280 g/mol. The van der Waals surface area contributed by atoms with E-state index in [1.54, 1.807) is 6.92 Å². The summed E-state index contributed by atoms with van der Waals surface area (Å²) in [5.41, 5.74) is 1.21. The molecule has 0 spiro atoms. The Kier molecular flexibility index (Phi) is 5.95. The first-order chi connectivity index (χ1) is 10.6. The van der Waals surface area contributed by atoms with E-state index in [1.165, 1.54) is 12.7 Å². The number of methoxy groups -OCH3 is 1. The Hall–Kier alpha value is -1.88. The number of hydrogen-bond donors (Lipinski definition) is 1. The lowest BCUT2D eigenvalue weighted by Crippen LogP contribution is -2.50. The van der Waals surface area contributed by atoms with Gasteiger partial charge in [-0.05, 0) is 17.9 Å². The molecule has 2 atom stereocenters. The number of piperidine rings is 1. The zero-order valence-corrected chi connectivity index (χ0v) is 13.2. The van der Waals surface area contributed by atoms with Gasteiger partial charge in [0, 0.05) is 32.6 Å². The zero-order valence-electron chi connectivity index (χ0n) is 13.2. The van der Waals surface area contributed by atoms with Crippen LogP contribution < -0.4 is 5.32 Å². The summed E-state index contributed by atoms with van der Waals surface area (Å²) in [7, 11) is 1.40. The largest absolute Gasteiger partial charge is 0.469 e. The molecule has 0 aromatic heterocycles. The van der Waals surface area contributed by atoms with E-state index in [1.807, 2.05) is 23.1 Å². The fourth-order valence-corrected chi connectivity index (χ4v) is 2.93. The quantitative estimate of drug-likeness (QED) is 0.839. The number of likely N-dealkylation sites (tertiary alicyclic amines) is 1. The van der Waals surface area contributed by atoms with Gasteiger partial charge in [0.1, 0.15) is 0 Å². The molecule has 5 nitrogen and oxygen atoms in total. The molecule has 1 saturated heterocycles. The number of nitrogens with zero attached hydrogens (tertiary/aromatic N) is 1. The van der Waals surface area contributed by atoms with Crippen molar-refractivity contribution in [1.29, 1.82) is 0 Å². The molecule has 2 rings (SSSR count). The van der Waals surface area contributed by atoms with Crippen molar-refractivity contribution in [3.05, 3.63) is 35.9 Å². The first kappa shape index (κ1) is 16.5. The van der Waals surface area contributed by atoms with Crippen LogP contribution in [0.3, 0.4) is 0 Å². The van der Waals surface area contributed by atoms with Gasteiger partial charge in [0.25, 0.3) is 0 Å². The molecule has 0 saturated carbocycles. The maximum atomic E-state index is 11.7. The molecule has 0 aliphatic carbocycles. The number of hydrogen-bond acceptors (Lipinski definition) is 4. The number of carbonyl (C=O) groups is 2. The second kappa shape index (κ2) is 7.94. The highest BCUT2D eigenvalue weighted by molar-refractivity contribution is 5.74. The lowest BCUT2D eigenvalue weighted by Gasteiger charge is -2.37. The highest BCUT2D eigenvalue weighted by Crippen LogP contribution is 2.21. The minimum absolute atomic E-state index is 0.0566. The number of rotatable bonds is 5. The normalized spacial score (nSPS) is 21.5. The van der Waals surface area contributed by atoms with Gasteiger partial charge in [0.15, 0.2) is 0 Å². The van der Waals surface area contributed by atoms with Crippen LogP contribution in [0.4, 0.5) is 0 Å². The Labute approximate surface area is 131 Å². The van der Waals surface area contributed by atoms with Gasteiger partial charge in [0.2, 0.25) is 5.91 Å². The third kappa shape index (κ3) is 4.84. The minimum atomic E-state index is -0.211. The molecule has 0 radical (unpaired) electrons. The van der Waals surface area contributed by atoms with E-state index in [9.17, 15) is 9.59 Å². The first-order valence-corrected chi connectivity index (χ1v) is 7.68. The van der Waals surface area contributed by atoms with Crippen LogP contribution in [0.2, 0.25) is 0 Å². The van der Waals surface area contributed by atoms with Crippen LogP contribution in [0.5, 0.6) is 0 Å². The van der Waals surface area contributed by atoms with Crippen LogP contribution in [-0.2, 0) is 20.9 Å². The summed E-state index contributed by atoms with van der Waals surface area (Å²) >= 11 is 0. The van der Waals surface area contributed by atoms with Gasteiger partial charge in [-0.3, -0.25) is 9.59 Å². The molecule has 2 unspecified atom stereocenters. The topological polar surface area (TPSA) is 58.6 Å². The summed E-state index contributed by atoms with van der Waals surface area (Å²) in [6.45, 7) is 3.67. The molecule has 1 heterocycles.